The third-order valence-corrected chi connectivity index (χ3v) is 6.35. The number of nitrogens with one attached hydrogen (secondary N) is 1. The molecule has 0 bridgehead atoms. The third kappa shape index (κ3) is 4.22. The Bertz CT molecular complexity index is 1030. The molecule has 1 aromatic heterocycles. The molecule has 4 nitrogen and oxygen atoms in total. The molecule has 29 heavy (non-hydrogen) atoms. The van der Waals surface area contributed by atoms with Crippen LogP contribution in [0.25, 0.3) is 0 Å². The Kier molecular flexibility index (Phi) is 5.45. The number of amides is 2. The van der Waals surface area contributed by atoms with E-state index < -0.39 is 0 Å². The summed E-state index contributed by atoms with van der Waals surface area (Å²) in [6.45, 7) is 3.01. The monoisotopic (exact) mass is 408 g/mol. The Morgan fingerprint density at radius 2 is 1.83 bits per heavy atom. The molecule has 0 unspecified atom stereocenters. The predicted molar refractivity (Wildman–Crippen MR) is 111 cm³/mol. The SMILES string of the molecule is C[C@@H](NC(=O)c1cc2c(s1)CCN(C(=O)c1ccc(F)cc1)C2)c1ccccc1. The Hall–Kier alpha value is -2.99. The van der Waals surface area contributed by atoms with Gasteiger partial charge in [-0.15, -0.1) is 11.3 Å². The zero-order valence-corrected chi connectivity index (χ0v) is 16.8. The molecule has 0 radical (unpaired) electrons. The van der Waals surface area contributed by atoms with Crippen LogP contribution >= 0.6 is 11.3 Å². The van der Waals surface area contributed by atoms with Crippen LogP contribution in [-0.4, -0.2) is 23.3 Å². The minimum Gasteiger partial charge on any atom is -0.345 e. The molecule has 148 valence electrons. The highest BCUT2D eigenvalue weighted by atomic mass is 32.1. The summed E-state index contributed by atoms with van der Waals surface area (Å²) < 4.78 is 13.1. The van der Waals surface area contributed by atoms with E-state index in [4.69, 9.17) is 0 Å². The van der Waals surface area contributed by atoms with E-state index in [1.165, 1.54) is 35.6 Å². The number of rotatable bonds is 4. The summed E-state index contributed by atoms with van der Waals surface area (Å²) in [6, 6.07) is 17.2. The van der Waals surface area contributed by atoms with Crippen molar-refractivity contribution in [3.05, 3.63) is 92.9 Å². The standard InChI is InChI=1S/C23H21FN2O2S/c1-15(16-5-3-2-4-6-16)25-22(27)21-13-18-14-26(12-11-20(18)29-21)23(28)17-7-9-19(24)10-8-17/h2-10,13,15H,11-12,14H2,1H3,(H,25,27)/t15-/m1/s1. The highest BCUT2D eigenvalue weighted by Crippen LogP contribution is 2.29. The molecule has 4 rings (SSSR count). The summed E-state index contributed by atoms with van der Waals surface area (Å²) in [7, 11) is 0. The molecule has 2 amide bonds. The third-order valence-electron chi connectivity index (χ3n) is 5.12. The van der Waals surface area contributed by atoms with Crippen LogP contribution in [0, 0.1) is 5.82 Å². The lowest BCUT2D eigenvalue weighted by molar-refractivity contribution is 0.0735. The van der Waals surface area contributed by atoms with Crippen LogP contribution in [0.4, 0.5) is 4.39 Å². The van der Waals surface area contributed by atoms with Gasteiger partial charge in [-0.25, -0.2) is 4.39 Å². The van der Waals surface area contributed by atoms with Gasteiger partial charge < -0.3 is 10.2 Å². The first-order valence-electron chi connectivity index (χ1n) is 9.53. The van der Waals surface area contributed by atoms with Crippen molar-refractivity contribution in [1.29, 1.82) is 0 Å². The van der Waals surface area contributed by atoms with Gasteiger partial charge in [0.25, 0.3) is 11.8 Å². The van der Waals surface area contributed by atoms with Crippen LogP contribution in [0.3, 0.4) is 0 Å². The van der Waals surface area contributed by atoms with Gasteiger partial charge in [0.1, 0.15) is 5.82 Å². The molecule has 2 aromatic carbocycles. The Labute approximate surface area is 173 Å². The average Bonchev–Trinajstić information content (AvgIpc) is 3.18. The molecule has 1 aliphatic heterocycles. The first-order chi connectivity index (χ1) is 14.0. The highest BCUT2D eigenvalue weighted by Gasteiger charge is 2.25. The lowest BCUT2D eigenvalue weighted by Crippen LogP contribution is -2.35. The van der Waals surface area contributed by atoms with Gasteiger partial charge in [-0.1, -0.05) is 30.3 Å². The van der Waals surface area contributed by atoms with E-state index in [2.05, 4.69) is 5.32 Å². The Balaban J connectivity index is 1.44. The highest BCUT2D eigenvalue weighted by molar-refractivity contribution is 7.14. The average molecular weight is 408 g/mol. The number of fused-ring (bicyclic) bond motifs is 1. The lowest BCUT2D eigenvalue weighted by atomic mass is 10.1. The maximum absolute atomic E-state index is 13.1. The quantitative estimate of drug-likeness (QED) is 0.687. The van der Waals surface area contributed by atoms with Gasteiger partial charge in [0.05, 0.1) is 10.9 Å². The van der Waals surface area contributed by atoms with Crippen LogP contribution in [0.15, 0.2) is 60.7 Å². The van der Waals surface area contributed by atoms with Crippen LogP contribution < -0.4 is 5.32 Å². The van der Waals surface area contributed by atoms with Crippen molar-refractivity contribution in [3.63, 3.8) is 0 Å². The molecular weight excluding hydrogens is 387 g/mol. The van der Waals surface area contributed by atoms with E-state index in [1.807, 2.05) is 43.3 Å². The van der Waals surface area contributed by atoms with Crippen molar-refractivity contribution in [2.24, 2.45) is 0 Å². The molecule has 2 heterocycles. The topological polar surface area (TPSA) is 49.4 Å². The number of carbonyl (C=O) groups excluding carboxylic acids is 2. The zero-order valence-electron chi connectivity index (χ0n) is 16.0. The van der Waals surface area contributed by atoms with Crippen LogP contribution in [-0.2, 0) is 13.0 Å². The molecule has 0 saturated heterocycles. The van der Waals surface area contributed by atoms with Gasteiger partial charge >= 0.3 is 0 Å². The summed E-state index contributed by atoms with van der Waals surface area (Å²) in [5.74, 6) is -0.580. The normalized spacial score (nSPS) is 14.2. The maximum Gasteiger partial charge on any atom is 0.261 e. The molecule has 0 spiro atoms. The second-order valence-corrected chi connectivity index (χ2v) is 8.29. The first-order valence-corrected chi connectivity index (χ1v) is 10.3. The summed E-state index contributed by atoms with van der Waals surface area (Å²) in [5, 5.41) is 3.04. The van der Waals surface area contributed by atoms with Crippen molar-refractivity contribution in [1.82, 2.24) is 10.2 Å². The largest absolute Gasteiger partial charge is 0.345 e. The molecule has 0 saturated carbocycles. The molecule has 3 aromatic rings. The number of nitrogens with zero attached hydrogens (tertiary/aromatic N) is 1. The van der Waals surface area contributed by atoms with Crippen molar-refractivity contribution in [3.8, 4) is 0 Å². The zero-order chi connectivity index (χ0) is 20.4. The number of thiophene rings is 1. The van der Waals surface area contributed by atoms with Crippen LogP contribution in [0.1, 0.15) is 49.0 Å². The molecule has 1 N–H and O–H groups in total. The summed E-state index contributed by atoms with van der Waals surface area (Å²) in [5.41, 5.74) is 2.53. The number of hydrogen-bond donors (Lipinski definition) is 1. The smallest absolute Gasteiger partial charge is 0.261 e. The van der Waals surface area contributed by atoms with Gasteiger partial charge in [-0.05, 0) is 54.8 Å². The maximum atomic E-state index is 13.1. The number of benzene rings is 2. The number of hydrogen-bond acceptors (Lipinski definition) is 3. The molecule has 1 aliphatic rings. The number of carbonyl (C=O) groups is 2. The predicted octanol–water partition coefficient (Wildman–Crippen LogP) is 4.58. The van der Waals surface area contributed by atoms with E-state index in [-0.39, 0.29) is 23.7 Å². The minimum absolute atomic E-state index is 0.0839. The molecular formula is C23H21FN2O2S. The van der Waals surface area contributed by atoms with Gasteiger partial charge in [0.2, 0.25) is 0 Å². The Morgan fingerprint density at radius 1 is 1.10 bits per heavy atom. The second kappa shape index (κ2) is 8.17. The molecule has 0 aliphatic carbocycles. The van der Waals surface area contributed by atoms with E-state index in [0.717, 1.165) is 16.0 Å². The Morgan fingerprint density at radius 3 is 2.55 bits per heavy atom. The molecule has 0 fully saturated rings. The van der Waals surface area contributed by atoms with Crippen LogP contribution in [0.5, 0.6) is 0 Å². The van der Waals surface area contributed by atoms with E-state index in [0.29, 0.717) is 30.0 Å². The number of halogens is 1. The summed E-state index contributed by atoms with van der Waals surface area (Å²) in [6.07, 6.45) is 0.717. The van der Waals surface area contributed by atoms with Gasteiger partial charge in [-0.3, -0.25) is 9.59 Å². The minimum atomic E-state index is -0.360. The lowest BCUT2D eigenvalue weighted by Gasteiger charge is -2.27. The van der Waals surface area contributed by atoms with Gasteiger partial charge in [0, 0.05) is 23.5 Å². The fourth-order valence-corrected chi connectivity index (χ4v) is 4.55. The first kappa shape index (κ1) is 19.3. The van der Waals surface area contributed by atoms with Crippen molar-refractivity contribution >= 4 is 23.2 Å². The van der Waals surface area contributed by atoms with Gasteiger partial charge in [0.15, 0.2) is 0 Å². The van der Waals surface area contributed by atoms with E-state index >= 15 is 0 Å². The van der Waals surface area contributed by atoms with Crippen molar-refractivity contribution in [2.75, 3.05) is 6.54 Å². The molecule has 6 heteroatoms. The summed E-state index contributed by atoms with van der Waals surface area (Å²) >= 11 is 1.49. The fourth-order valence-electron chi connectivity index (χ4n) is 3.49. The fraction of sp³-hybridized carbons (Fsp3) is 0.217. The van der Waals surface area contributed by atoms with Gasteiger partial charge in [-0.2, -0.15) is 0 Å². The van der Waals surface area contributed by atoms with Crippen LogP contribution in [0.2, 0.25) is 0 Å². The van der Waals surface area contributed by atoms with E-state index in [9.17, 15) is 14.0 Å². The van der Waals surface area contributed by atoms with Crippen molar-refractivity contribution < 1.29 is 14.0 Å². The van der Waals surface area contributed by atoms with E-state index in [1.54, 1.807) is 4.90 Å². The summed E-state index contributed by atoms with van der Waals surface area (Å²) in [4.78, 5) is 28.9. The second-order valence-electron chi connectivity index (χ2n) is 7.15. The van der Waals surface area contributed by atoms with Crippen molar-refractivity contribution in [2.45, 2.75) is 25.9 Å². The molecule has 1 atom stereocenters.